The quantitative estimate of drug-likeness (QED) is 0.390. The molecule has 1 rings (SSSR count). The summed E-state index contributed by atoms with van der Waals surface area (Å²) in [6, 6.07) is 4.52. The minimum absolute atomic E-state index is 0.804. The molecule has 3 nitrogen and oxygen atoms in total. The molecule has 1 aromatic carbocycles. The fourth-order valence-electron chi connectivity index (χ4n) is 1.89. The predicted molar refractivity (Wildman–Crippen MR) is 101 cm³/mol. The molecule has 0 saturated heterocycles. The number of halogens is 2. The molecule has 0 radical (unpaired) electrons. The molecule has 20 heavy (non-hydrogen) atoms. The SMILES string of the molecule is C[NH+](C)CCCOc1c(I)cc(CC[NH+](C)C)cc1I. The Morgan fingerprint density at radius 2 is 1.50 bits per heavy atom. The topological polar surface area (TPSA) is 18.1 Å². The maximum absolute atomic E-state index is 5.97. The van der Waals surface area contributed by atoms with Gasteiger partial charge in [0.1, 0.15) is 5.75 Å². The van der Waals surface area contributed by atoms with Crippen molar-refractivity contribution in [3.05, 3.63) is 24.8 Å². The molecule has 0 aliphatic heterocycles. The van der Waals surface area contributed by atoms with E-state index in [2.05, 4.69) is 85.5 Å². The van der Waals surface area contributed by atoms with Gasteiger partial charge in [-0.2, -0.15) is 0 Å². The maximum atomic E-state index is 5.97. The molecule has 1 aromatic rings. The molecular weight excluding hydrogens is 478 g/mol. The molecule has 0 amide bonds. The molecule has 0 spiro atoms. The van der Waals surface area contributed by atoms with E-state index < -0.39 is 0 Å². The van der Waals surface area contributed by atoms with E-state index in [1.807, 2.05) is 0 Å². The fourth-order valence-corrected chi connectivity index (χ4v) is 4.10. The third-order valence-electron chi connectivity index (χ3n) is 3.04. The van der Waals surface area contributed by atoms with Crippen molar-refractivity contribution in [1.82, 2.24) is 0 Å². The van der Waals surface area contributed by atoms with Crippen LogP contribution in [0.15, 0.2) is 12.1 Å². The van der Waals surface area contributed by atoms with Gasteiger partial charge in [0.2, 0.25) is 0 Å². The normalized spacial score (nSPS) is 11.4. The minimum Gasteiger partial charge on any atom is -0.491 e. The first-order valence-corrected chi connectivity index (χ1v) is 9.24. The molecule has 0 fully saturated rings. The molecular formula is C15H26I2N2O+2. The lowest BCUT2D eigenvalue weighted by Gasteiger charge is -2.14. The number of rotatable bonds is 8. The van der Waals surface area contributed by atoms with Crippen LogP contribution >= 0.6 is 45.2 Å². The summed E-state index contributed by atoms with van der Waals surface area (Å²) in [6.45, 7) is 3.12. The van der Waals surface area contributed by atoms with Crippen LogP contribution in [-0.2, 0) is 6.42 Å². The van der Waals surface area contributed by atoms with Crippen molar-refractivity contribution in [1.29, 1.82) is 0 Å². The average Bonchev–Trinajstić information content (AvgIpc) is 2.34. The smallest absolute Gasteiger partial charge is 0.145 e. The Labute approximate surface area is 150 Å². The predicted octanol–water partition coefficient (Wildman–Crippen LogP) is 0.496. The third-order valence-corrected chi connectivity index (χ3v) is 4.64. The number of benzene rings is 1. The van der Waals surface area contributed by atoms with E-state index in [9.17, 15) is 0 Å². The van der Waals surface area contributed by atoms with E-state index in [0.29, 0.717) is 0 Å². The second kappa shape index (κ2) is 9.42. The highest BCUT2D eigenvalue weighted by molar-refractivity contribution is 14.1. The van der Waals surface area contributed by atoms with Gasteiger partial charge in [0.25, 0.3) is 0 Å². The first kappa shape index (κ1) is 18.4. The second-order valence-corrected chi connectivity index (χ2v) is 8.08. The van der Waals surface area contributed by atoms with Gasteiger partial charge in [-0.1, -0.05) is 0 Å². The summed E-state index contributed by atoms with van der Waals surface area (Å²) in [5.74, 6) is 1.06. The van der Waals surface area contributed by atoms with Gasteiger partial charge in [0.05, 0.1) is 55.0 Å². The van der Waals surface area contributed by atoms with Gasteiger partial charge >= 0.3 is 0 Å². The lowest BCUT2D eigenvalue weighted by Crippen LogP contribution is -3.05. The van der Waals surface area contributed by atoms with Gasteiger partial charge in [0.15, 0.2) is 0 Å². The fraction of sp³-hybridized carbons (Fsp3) is 0.600. The second-order valence-electron chi connectivity index (χ2n) is 5.75. The zero-order chi connectivity index (χ0) is 15.1. The van der Waals surface area contributed by atoms with E-state index in [1.54, 1.807) is 0 Å². The Kier molecular flexibility index (Phi) is 8.69. The average molecular weight is 504 g/mol. The van der Waals surface area contributed by atoms with Crippen molar-refractivity contribution >= 4 is 45.2 Å². The summed E-state index contributed by atoms with van der Waals surface area (Å²) < 4.78 is 8.43. The summed E-state index contributed by atoms with van der Waals surface area (Å²) in [7, 11) is 8.74. The molecule has 0 bridgehead atoms. The monoisotopic (exact) mass is 504 g/mol. The molecule has 0 heterocycles. The summed E-state index contributed by atoms with van der Waals surface area (Å²) in [5.41, 5.74) is 1.41. The number of likely N-dealkylation sites (N-methyl/N-ethyl adjacent to an activating group) is 1. The van der Waals surface area contributed by atoms with Crippen molar-refractivity contribution in [2.45, 2.75) is 12.8 Å². The van der Waals surface area contributed by atoms with Crippen LogP contribution in [-0.4, -0.2) is 47.9 Å². The Bertz CT molecular complexity index is 399. The number of hydrogen-bond acceptors (Lipinski definition) is 1. The Morgan fingerprint density at radius 1 is 0.950 bits per heavy atom. The summed E-state index contributed by atoms with van der Waals surface area (Å²) in [6.07, 6.45) is 2.22. The molecule has 0 aliphatic rings. The van der Waals surface area contributed by atoms with Crippen LogP contribution in [0.4, 0.5) is 0 Å². The maximum Gasteiger partial charge on any atom is 0.145 e. The number of hydrogen-bond donors (Lipinski definition) is 2. The molecule has 5 heteroatoms. The number of nitrogens with one attached hydrogen (secondary N) is 2. The van der Waals surface area contributed by atoms with E-state index in [-0.39, 0.29) is 0 Å². The molecule has 0 aliphatic carbocycles. The van der Waals surface area contributed by atoms with E-state index in [1.165, 1.54) is 22.5 Å². The molecule has 0 atom stereocenters. The van der Waals surface area contributed by atoms with Crippen molar-refractivity contribution in [2.75, 3.05) is 47.9 Å². The summed E-state index contributed by atoms with van der Waals surface area (Å²) >= 11 is 4.78. The standard InChI is InChI=1S/C15H24I2N2O/c1-18(2)7-5-9-20-15-13(16)10-12(11-14(15)17)6-8-19(3)4/h10-11H,5-9H2,1-4H3/p+2. The summed E-state index contributed by atoms with van der Waals surface area (Å²) in [5, 5.41) is 0. The highest BCUT2D eigenvalue weighted by atomic mass is 127. The summed E-state index contributed by atoms with van der Waals surface area (Å²) in [4.78, 5) is 2.96. The van der Waals surface area contributed by atoms with Crippen molar-refractivity contribution in [3.63, 3.8) is 0 Å². The molecule has 0 aromatic heterocycles. The molecule has 0 saturated carbocycles. The Morgan fingerprint density at radius 3 is 2.00 bits per heavy atom. The van der Waals surface area contributed by atoms with Crippen molar-refractivity contribution < 1.29 is 14.5 Å². The number of ether oxygens (including phenoxy) is 1. The lowest BCUT2D eigenvalue weighted by atomic mass is 10.1. The Hall–Kier alpha value is 0.400. The van der Waals surface area contributed by atoms with E-state index in [4.69, 9.17) is 4.74 Å². The van der Waals surface area contributed by atoms with Gasteiger partial charge in [-0.05, 0) is 62.9 Å². The first-order chi connectivity index (χ1) is 9.40. The van der Waals surface area contributed by atoms with Gasteiger partial charge < -0.3 is 14.5 Å². The van der Waals surface area contributed by atoms with Crippen LogP contribution in [0.3, 0.4) is 0 Å². The van der Waals surface area contributed by atoms with E-state index in [0.717, 1.165) is 38.3 Å². The highest BCUT2D eigenvalue weighted by Crippen LogP contribution is 2.29. The highest BCUT2D eigenvalue weighted by Gasteiger charge is 2.10. The first-order valence-electron chi connectivity index (χ1n) is 7.09. The molecule has 114 valence electrons. The van der Waals surface area contributed by atoms with Crippen LogP contribution in [0.5, 0.6) is 5.75 Å². The van der Waals surface area contributed by atoms with Crippen LogP contribution in [0, 0.1) is 7.14 Å². The van der Waals surface area contributed by atoms with Gasteiger partial charge in [0, 0.05) is 12.8 Å². The van der Waals surface area contributed by atoms with Crippen LogP contribution in [0.2, 0.25) is 0 Å². The van der Waals surface area contributed by atoms with Gasteiger partial charge in [-0.15, -0.1) is 0 Å². The van der Waals surface area contributed by atoms with Crippen LogP contribution < -0.4 is 14.5 Å². The Balaban J connectivity index is 2.59. The van der Waals surface area contributed by atoms with Crippen LogP contribution in [0.1, 0.15) is 12.0 Å². The van der Waals surface area contributed by atoms with Gasteiger partial charge in [-0.3, -0.25) is 0 Å². The van der Waals surface area contributed by atoms with E-state index >= 15 is 0 Å². The third kappa shape index (κ3) is 6.91. The molecule has 2 N–H and O–H groups in total. The van der Waals surface area contributed by atoms with Crippen molar-refractivity contribution in [3.8, 4) is 5.75 Å². The van der Waals surface area contributed by atoms with Crippen molar-refractivity contribution in [2.24, 2.45) is 0 Å². The zero-order valence-corrected chi connectivity index (χ0v) is 17.2. The van der Waals surface area contributed by atoms with Gasteiger partial charge in [-0.25, -0.2) is 0 Å². The largest absolute Gasteiger partial charge is 0.491 e. The lowest BCUT2D eigenvalue weighted by molar-refractivity contribution is -0.858. The minimum atomic E-state index is 0.804. The number of quaternary nitrogens is 2. The zero-order valence-electron chi connectivity index (χ0n) is 12.9. The molecule has 0 unspecified atom stereocenters. The van der Waals surface area contributed by atoms with Crippen LogP contribution in [0.25, 0.3) is 0 Å².